The first-order chi connectivity index (χ1) is 13.1. The maximum atomic E-state index is 10.5. The quantitative estimate of drug-likeness (QED) is 0.769. The van der Waals surface area contributed by atoms with Gasteiger partial charge in [-0.25, -0.2) is 4.98 Å². The third-order valence-electron chi connectivity index (χ3n) is 8.16. The molecule has 0 aliphatic heterocycles. The molecular formula is C23H30N2O2. The molecule has 1 aromatic heterocycles. The standard InChI is InChI=1S/C23H30N2O2/c1-23-12-11-18-17-8-6-16(25-27-22-4-2-3-13-24-22)14-15(17)5-7-19(18)20(23)9-10-21(23)26/h2-4,13-14,17-21,26H,5-12H2,1H3/b25-16+/t17?,18?,19?,20?,21-,23?/m0/s1. The van der Waals surface area contributed by atoms with E-state index in [1.807, 2.05) is 18.2 Å². The molecule has 4 aliphatic rings. The van der Waals surface area contributed by atoms with Gasteiger partial charge >= 0.3 is 0 Å². The topological polar surface area (TPSA) is 54.7 Å². The van der Waals surface area contributed by atoms with Crippen LogP contribution in [-0.4, -0.2) is 21.9 Å². The number of aromatic nitrogens is 1. The van der Waals surface area contributed by atoms with Gasteiger partial charge in [0, 0.05) is 12.3 Å². The second-order valence-corrected chi connectivity index (χ2v) is 9.32. The van der Waals surface area contributed by atoms with Gasteiger partial charge in [0.2, 0.25) is 5.88 Å². The van der Waals surface area contributed by atoms with Gasteiger partial charge in [-0.15, -0.1) is 0 Å². The van der Waals surface area contributed by atoms with Crippen LogP contribution >= 0.6 is 0 Å². The molecule has 6 atom stereocenters. The maximum Gasteiger partial charge on any atom is 0.248 e. The van der Waals surface area contributed by atoms with Crippen molar-refractivity contribution >= 4 is 5.71 Å². The van der Waals surface area contributed by atoms with Crippen LogP contribution in [-0.2, 0) is 0 Å². The normalized spacial score (nSPS) is 42.1. The molecule has 3 fully saturated rings. The highest BCUT2D eigenvalue weighted by molar-refractivity contribution is 5.96. The molecule has 27 heavy (non-hydrogen) atoms. The Hall–Kier alpha value is -1.68. The Balaban J connectivity index is 1.32. The molecule has 144 valence electrons. The Morgan fingerprint density at radius 2 is 2.04 bits per heavy atom. The number of fused-ring (bicyclic) bond motifs is 5. The highest BCUT2D eigenvalue weighted by Gasteiger charge is 2.55. The van der Waals surface area contributed by atoms with Gasteiger partial charge in [0.15, 0.2) is 0 Å². The molecule has 4 heteroatoms. The lowest BCUT2D eigenvalue weighted by Crippen LogP contribution is -2.47. The van der Waals surface area contributed by atoms with Crippen LogP contribution in [0, 0.1) is 29.1 Å². The second-order valence-electron chi connectivity index (χ2n) is 9.32. The molecule has 0 spiro atoms. The van der Waals surface area contributed by atoms with E-state index >= 15 is 0 Å². The van der Waals surface area contributed by atoms with Gasteiger partial charge in [-0.2, -0.15) is 0 Å². The summed E-state index contributed by atoms with van der Waals surface area (Å²) >= 11 is 0. The van der Waals surface area contributed by atoms with Crippen molar-refractivity contribution in [3.05, 3.63) is 36.0 Å². The van der Waals surface area contributed by atoms with Gasteiger partial charge < -0.3 is 9.94 Å². The molecule has 0 bridgehead atoms. The predicted molar refractivity (Wildman–Crippen MR) is 105 cm³/mol. The number of allylic oxidation sites excluding steroid dienone is 2. The summed E-state index contributed by atoms with van der Waals surface area (Å²) in [5.74, 6) is 3.63. The third kappa shape index (κ3) is 2.93. The van der Waals surface area contributed by atoms with Gasteiger partial charge in [0.25, 0.3) is 0 Å². The summed E-state index contributed by atoms with van der Waals surface area (Å²) in [7, 11) is 0. The van der Waals surface area contributed by atoms with Gasteiger partial charge in [-0.3, -0.25) is 0 Å². The Morgan fingerprint density at radius 3 is 2.89 bits per heavy atom. The summed E-state index contributed by atoms with van der Waals surface area (Å²) in [6.45, 7) is 2.36. The summed E-state index contributed by atoms with van der Waals surface area (Å²) in [4.78, 5) is 9.69. The largest absolute Gasteiger partial charge is 0.393 e. The Morgan fingerprint density at radius 1 is 1.11 bits per heavy atom. The number of hydrogen-bond donors (Lipinski definition) is 1. The fourth-order valence-corrected chi connectivity index (χ4v) is 6.74. The van der Waals surface area contributed by atoms with E-state index in [1.54, 1.807) is 11.8 Å². The number of rotatable bonds is 2. The zero-order chi connectivity index (χ0) is 18.4. The zero-order valence-electron chi connectivity index (χ0n) is 16.2. The summed E-state index contributed by atoms with van der Waals surface area (Å²) in [5.41, 5.74) is 2.83. The minimum Gasteiger partial charge on any atom is -0.393 e. The monoisotopic (exact) mass is 366 g/mol. The molecule has 0 aromatic carbocycles. The number of hydrogen-bond acceptors (Lipinski definition) is 4. The fraction of sp³-hybridized carbons (Fsp3) is 0.652. The summed E-state index contributed by atoms with van der Waals surface area (Å²) in [6, 6.07) is 5.63. The van der Waals surface area contributed by atoms with Crippen molar-refractivity contribution in [3.63, 3.8) is 0 Å². The average Bonchev–Trinajstić information content (AvgIpc) is 3.01. The van der Waals surface area contributed by atoms with E-state index < -0.39 is 0 Å². The minimum absolute atomic E-state index is 0.0748. The first-order valence-corrected chi connectivity index (χ1v) is 10.7. The summed E-state index contributed by atoms with van der Waals surface area (Å²) in [6.07, 6.45) is 13.4. The number of aliphatic hydroxyl groups excluding tert-OH is 1. The minimum atomic E-state index is -0.0748. The highest BCUT2D eigenvalue weighted by Crippen LogP contribution is 2.61. The molecule has 1 aromatic rings. The van der Waals surface area contributed by atoms with Crippen LogP contribution < -0.4 is 4.84 Å². The van der Waals surface area contributed by atoms with Crippen molar-refractivity contribution in [3.8, 4) is 5.88 Å². The Bertz CT molecular complexity index is 759. The lowest BCUT2D eigenvalue weighted by molar-refractivity contribution is -0.0526. The van der Waals surface area contributed by atoms with Crippen molar-refractivity contribution in [1.29, 1.82) is 0 Å². The van der Waals surface area contributed by atoms with Crippen molar-refractivity contribution in [2.75, 3.05) is 0 Å². The van der Waals surface area contributed by atoms with Gasteiger partial charge in [-0.05, 0) is 92.6 Å². The summed E-state index contributed by atoms with van der Waals surface area (Å²) in [5, 5.41) is 14.9. The molecule has 1 heterocycles. The van der Waals surface area contributed by atoms with Crippen molar-refractivity contribution in [2.24, 2.45) is 34.2 Å². The van der Waals surface area contributed by atoms with Crippen molar-refractivity contribution in [2.45, 2.75) is 64.4 Å². The lowest BCUT2D eigenvalue weighted by Gasteiger charge is -2.53. The van der Waals surface area contributed by atoms with Crippen LogP contribution in [0.3, 0.4) is 0 Å². The highest BCUT2D eigenvalue weighted by atomic mass is 16.6. The smallest absolute Gasteiger partial charge is 0.248 e. The van der Waals surface area contributed by atoms with E-state index in [-0.39, 0.29) is 11.5 Å². The SMILES string of the molecule is CC12CCC3C4CC/C(=N\Oc5ccccn5)C=C4CCC3C1CC[C@@H]2O. The fourth-order valence-electron chi connectivity index (χ4n) is 6.74. The Kier molecular flexibility index (Phi) is 4.34. The first-order valence-electron chi connectivity index (χ1n) is 10.7. The Labute approximate surface area is 161 Å². The van der Waals surface area contributed by atoms with E-state index in [9.17, 15) is 5.11 Å². The molecule has 3 saturated carbocycles. The molecule has 4 aliphatic carbocycles. The maximum absolute atomic E-state index is 10.5. The molecule has 5 unspecified atom stereocenters. The van der Waals surface area contributed by atoms with Crippen LogP contribution in [0.1, 0.15) is 58.3 Å². The van der Waals surface area contributed by atoms with Crippen LogP contribution in [0.25, 0.3) is 0 Å². The van der Waals surface area contributed by atoms with E-state index in [4.69, 9.17) is 4.84 Å². The molecular weight excluding hydrogens is 336 g/mol. The third-order valence-corrected chi connectivity index (χ3v) is 8.16. The van der Waals surface area contributed by atoms with Crippen molar-refractivity contribution in [1.82, 2.24) is 4.98 Å². The van der Waals surface area contributed by atoms with Crippen LogP contribution in [0.2, 0.25) is 0 Å². The van der Waals surface area contributed by atoms with Gasteiger partial charge in [0.1, 0.15) is 0 Å². The van der Waals surface area contributed by atoms with Crippen molar-refractivity contribution < 1.29 is 9.94 Å². The number of pyridine rings is 1. The summed E-state index contributed by atoms with van der Waals surface area (Å²) < 4.78 is 0. The van der Waals surface area contributed by atoms with E-state index in [2.05, 4.69) is 23.1 Å². The molecule has 0 radical (unpaired) electrons. The zero-order valence-corrected chi connectivity index (χ0v) is 16.2. The van der Waals surface area contributed by atoms with Crippen LogP contribution in [0.5, 0.6) is 5.88 Å². The van der Waals surface area contributed by atoms with E-state index in [0.29, 0.717) is 5.88 Å². The number of nitrogens with zero attached hydrogens (tertiary/aromatic N) is 2. The lowest BCUT2D eigenvalue weighted by atomic mass is 9.52. The molecule has 5 rings (SSSR count). The molecule has 0 saturated heterocycles. The van der Waals surface area contributed by atoms with Gasteiger partial charge in [-0.1, -0.05) is 23.7 Å². The van der Waals surface area contributed by atoms with Crippen LogP contribution in [0.4, 0.5) is 0 Å². The molecule has 4 nitrogen and oxygen atoms in total. The van der Waals surface area contributed by atoms with Crippen LogP contribution in [0.15, 0.2) is 41.2 Å². The number of oxime groups is 1. The molecule has 1 N–H and O–H groups in total. The second kappa shape index (κ2) is 6.73. The predicted octanol–water partition coefficient (Wildman–Crippen LogP) is 4.75. The first kappa shape index (κ1) is 17.4. The number of aliphatic hydroxyl groups is 1. The van der Waals surface area contributed by atoms with E-state index in [1.165, 1.54) is 38.5 Å². The van der Waals surface area contributed by atoms with E-state index in [0.717, 1.165) is 42.2 Å². The average molecular weight is 367 g/mol. The van der Waals surface area contributed by atoms with Gasteiger partial charge in [0.05, 0.1) is 11.8 Å². The molecule has 0 amide bonds.